The summed E-state index contributed by atoms with van der Waals surface area (Å²) in [7, 11) is -1.66. The lowest BCUT2D eigenvalue weighted by molar-refractivity contribution is 0.209. The maximum absolute atomic E-state index is 14.2. The third kappa shape index (κ3) is 6.81. The number of aromatic nitrogens is 1. The molecule has 0 saturated heterocycles. The third-order valence-electron chi connectivity index (χ3n) is 5.63. The molecular weight excluding hydrogens is 435 g/mol. The lowest BCUT2D eigenvalue weighted by Gasteiger charge is -2.34. The Morgan fingerprint density at radius 1 is 1.09 bits per heavy atom. The molecule has 7 heteroatoms. The fourth-order valence-corrected chi connectivity index (χ4v) is 6.08. The number of phenolic OH excluding ortho intramolecular Hbond substituents is 1. The van der Waals surface area contributed by atoms with E-state index in [0.29, 0.717) is 18.7 Å². The van der Waals surface area contributed by atoms with Gasteiger partial charge in [-0.2, -0.15) is 0 Å². The van der Waals surface area contributed by atoms with Crippen LogP contribution in [0.2, 0.25) is 0 Å². The zero-order chi connectivity index (χ0) is 25.0. The predicted molar refractivity (Wildman–Crippen MR) is 135 cm³/mol. The molecule has 2 atom stereocenters. The molecule has 0 fully saturated rings. The normalized spacial score (nSPS) is 15.3. The zero-order valence-corrected chi connectivity index (χ0v) is 22.6. The third-order valence-corrected chi connectivity index (χ3v) is 8.21. The number of hydrogen-bond acceptors (Lipinski definition) is 6. The van der Waals surface area contributed by atoms with E-state index < -0.39 is 13.4 Å². The molecule has 0 radical (unpaired) electrons. The number of pyridine rings is 1. The quantitative estimate of drug-likeness (QED) is 0.399. The van der Waals surface area contributed by atoms with Crippen molar-refractivity contribution in [2.45, 2.75) is 85.0 Å². The molecule has 0 amide bonds. The van der Waals surface area contributed by atoms with Crippen LogP contribution in [-0.2, 0) is 26.5 Å². The highest BCUT2D eigenvalue weighted by atomic mass is 31.2. The van der Waals surface area contributed by atoms with Crippen LogP contribution in [0.3, 0.4) is 0 Å². The Balaban J connectivity index is 2.51. The fraction of sp³-hybridized carbons (Fsp3) is 0.577. The number of phenols is 1. The predicted octanol–water partition coefficient (Wildman–Crippen LogP) is 6.86. The van der Waals surface area contributed by atoms with Crippen molar-refractivity contribution >= 4 is 7.60 Å². The molecule has 0 bridgehead atoms. The largest absolute Gasteiger partial charge is 0.507 e. The van der Waals surface area contributed by atoms with Gasteiger partial charge < -0.3 is 9.63 Å². The summed E-state index contributed by atoms with van der Waals surface area (Å²) in [5.41, 5.74) is 1.89. The minimum atomic E-state index is -3.58. The molecular formula is C26H41N2O4P. The van der Waals surface area contributed by atoms with E-state index in [2.05, 4.69) is 4.98 Å². The van der Waals surface area contributed by atoms with Crippen molar-refractivity contribution in [3.05, 3.63) is 53.3 Å². The van der Waals surface area contributed by atoms with Crippen molar-refractivity contribution in [3.8, 4) is 11.5 Å². The second kappa shape index (κ2) is 10.6. The van der Waals surface area contributed by atoms with Crippen LogP contribution in [0.1, 0.15) is 78.5 Å². The maximum atomic E-state index is 14.2. The first-order valence-electron chi connectivity index (χ1n) is 11.6. The van der Waals surface area contributed by atoms with E-state index in [-0.39, 0.29) is 23.2 Å². The number of rotatable bonds is 9. The van der Waals surface area contributed by atoms with Crippen LogP contribution in [0, 0.1) is 0 Å². The van der Waals surface area contributed by atoms with Gasteiger partial charge in [-0.15, -0.1) is 0 Å². The summed E-state index contributed by atoms with van der Waals surface area (Å²) in [4.78, 5) is 6.18. The van der Waals surface area contributed by atoms with E-state index in [1.807, 2.05) is 79.5 Å². The Kier molecular flexibility index (Phi) is 8.78. The van der Waals surface area contributed by atoms with Crippen molar-refractivity contribution in [2.75, 3.05) is 13.7 Å². The van der Waals surface area contributed by atoms with Gasteiger partial charge >= 0.3 is 7.60 Å². The van der Waals surface area contributed by atoms with Crippen LogP contribution in [0.25, 0.3) is 0 Å². The van der Waals surface area contributed by atoms with Gasteiger partial charge in [-0.3, -0.25) is 14.4 Å². The number of benzene rings is 1. The topological polar surface area (TPSA) is 71.9 Å². The summed E-state index contributed by atoms with van der Waals surface area (Å²) in [5, 5.41) is 11.0. The minimum absolute atomic E-state index is 0.259. The summed E-state index contributed by atoms with van der Waals surface area (Å²) in [6.45, 7) is 16.9. The van der Waals surface area contributed by atoms with Gasteiger partial charge in [0.15, 0.2) is 0 Å². The highest BCUT2D eigenvalue weighted by Crippen LogP contribution is 2.56. The lowest BCUT2D eigenvalue weighted by Crippen LogP contribution is -2.33. The van der Waals surface area contributed by atoms with E-state index in [9.17, 15) is 9.67 Å². The highest BCUT2D eigenvalue weighted by molar-refractivity contribution is 7.55. The first-order chi connectivity index (χ1) is 15.2. The van der Waals surface area contributed by atoms with E-state index in [1.54, 1.807) is 24.5 Å². The molecule has 1 aromatic carbocycles. The number of nitrogens with zero attached hydrogens (tertiary/aromatic N) is 2. The van der Waals surface area contributed by atoms with Gasteiger partial charge in [0.2, 0.25) is 0 Å². The van der Waals surface area contributed by atoms with Gasteiger partial charge in [0.1, 0.15) is 17.3 Å². The van der Waals surface area contributed by atoms with Crippen molar-refractivity contribution < 1.29 is 18.7 Å². The standard InChI is InChI=1S/C26H41N2O4P/c1-10-23(28(9)18-19-13-12-14-27-17-19)33(30,31-11-2)32-20-15-21(25(3,4)5)24(29)22(16-20)26(6,7)8/h12-17,23,29H,10-11,18H2,1-9H3. The van der Waals surface area contributed by atoms with Crippen LogP contribution in [0.5, 0.6) is 11.5 Å². The van der Waals surface area contributed by atoms with E-state index in [0.717, 1.165) is 16.7 Å². The van der Waals surface area contributed by atoms with Crippen molar-refractivity contribution in [1.82, 2.24) is 9.88 Å². The molecule has 33 heavy (non-hydrogen) atoms. The molecule has 1 heterocycles. The highest BCUT2D eigenvalue weighted by Gasteiger charge is 2.40. The van der Waals surface area contributed by atoms with Crippen LogP contribution < -0.4 is 4.52 Å². The smallest absolute Gasteiger partial charge is 0.396 e. The summed E-state index contributed by atoms with van der Waals surface area (Å²) < 4.78 is 26.3. The van der Waals surface area contributed by atoms with Crippen molar-refractivity contribution in [3.63, 3.8) is 0 Å². The van der Waals surface area contributed by atoms with E-state index >= 15 is 0 Å². The second-order valence-electron chi connectivity index (χ2n) is 10.6. The molecule has 0 aliphatic heterocycles. The first kappa shape index (κ1) is 27.4. The molecule has 0 aliphatic rings. The Labute approximate surface area is 199 Å². The van der Waals surface area contributed by atoms with Gasteiger partial charge in [0, 0.05) is 30.1 Å². The number of hydrogen-bond donors (Lipinski definition) is 1. The summed E-state index contributed by atoms with van der Waals surface area (Å²) in [6, 6.07) is 7.48. The van der Waals surface area contributed by atoms with Crippen LogP contribution in [0.15, 0.2) is 36.7 Å². The minimum Gasteiger partial charge on any atom is -0.507 e. The van der Waals surface area contributed by atoms with Gasteiger partial charge in [-0.05, 0) is 55.0 Å². The second-order valence-corrected chi connectivity index (χ2v) is 12.7. The molecule has 0 saturated carbocycles. The molecule has 2 unspecified atom stereocenters. The van der Waals surface area contributed by atoms with Crippen molar-refractivity contribution in [2.24, 2.45) is 0 Å². The fourth-order valence-electron chi connectivity index (χ4n) is 3.97. The number of aromatic hydroxyl groups is 1. The Hall–Kier alpha value is -1.88. The molecule has 1 aromatic heterocycles. The van der Waals surface area contributed by atoms with Gasteiger partial charge in [-0.25, -0.2) is 4.57 Å². The molecule has 184 valence electrons. The monoisotopic (exact) mass is 476 g/mol. The van der Waals surface area contributed by atoms with Crippen LogP contribution in [0.4, 0.5) is 0 Å². The Morgan fingerprint density at radius 3 is 2.09 bits per heavy atom. The lowest BCUT2D eigenvalue weighted by atomic mass is 9.79. The average molecular weight is 477 g/mol. The Bertz CT molecular complexity index is 929. The van der Waals surface area contributed by atoms with Crippen LogP contribution >= 0.6 is 7.60 Å². The van der Waals surface area contributed by atoms with Crippen molar-refractivity contribution in [1.29, 1.82) is 0 Å². The summed E-state index contributed by atoms with van der Waals surface area (Å²) in [6.07, 6.45) is 4.13. The zero-order valence-electron chi connectivity index (χ0n) is 21.7. The van der Waals surface area contributed by atoms with E-state index in [1.165, 1.54) is 0 Å². The van der Waals surface area contributed by atoms with Gasteiger partial charge in [0.25, 0.3) is 0 Å². The molecule has 2 rings (SSSR count). The van der Waals surface area contributed by atoms with E-state index in [4.69, 9.17) is 9.05 Å². The first-order valence-corrected chi connectivity index (χ1v) is 13.2. The molecule has 2 aromatic rings. The SMILES string of the molecule is CCOP(=O)(Oc1cc(C(C)(C)C)c(O)c(C(C)(C)C)c1)C(CC)N(C)Cc1cccnc1. The van der Waals surface area contributed by atoms with Gasteiger partial charge in [-0.1, -0.05) is 54.5 Å². The summed E-state index contributed by atoms with van der Waals surface area (Å²) >= 11 is 0. The van der Waals surface area contributed by atoms with Gasteiger partial charge in [0.05, 0.1) is 6.61 Å². The maximum Gasteiger partial charge on any atom is 0.396 e. The molecule has 0 aliphatic carbocycles. The van der Waals surface area contributed by atoms with Crippen LogP contribution in [-0.4, -0.2) is 34.4 Å². The summed E-state index contributed by atoms with van der Waals surface area (Å²) in [5.74, 6) is 0.268. The Morgan fingerprint density at radius 2 is 1.67 bits per heavy atom. The molecule has 1 N–H and O–H groups in total. The average Bonchev–Trinajstić information content (AvgIpc) is 2.68. The molecule has 6 nitrogen and oxygen atoms in total. The molecule has 0 spiro atoms.